The Labute approximate surface area is 94.4 Å². The molecule has 15 heavy (non-hydrogen) atoms. The molecule has 1 N–H and O–H groups in total. The van der Waals surface area contributed by atoms with Gasteiger partial charge in [-0.25, -0.2) is 0 Å². The first-order chi connectivity index (χ1) is 7.36. The van der Waals surface area contributed by atoms with Crippen molar-refractivity contribution < 1.29 is 0 Å². The van der Waals surface area contributed by atoms with E-state index in [-0.39, 0.29) is 0 Å². The molecule has 88 valence electrons. The van der Waals surface area contributed by atoms with E-state index in [0.29, 0.717) is 0 Å². The van der Waals surface area contributed by atoms with Crippen LogP contribution in [0.3, 0.4) is 0 Å². The summed E-state index contributed by atoms with van der Waals surface area (Å²) in [5, 5.41) is 3.69. The highest BCUT2D eigenvalue weighted by atomic mass is 15.2. The number of likely N-dealkylation sites (N-methyl/N-ethyl adjacent to an activating group) is 2. The predicted molar refractivity (Wildman–Crippen MR) is 65.1 cm³/mol. The summed E-state index contributed by atoms with van der Waals surface area (Å²) in [4.78, 5) is 2.77. The Hall–Kier alpha value is -0.0800. The molecule has 0 aromatic heterocycles. The van der Waals surface area contributed by atoms with Crippen LogP contribution >= 0.6 is 0 Å². The van der Waals surface area contributed by atoms with Gasteiger partial charge in [0.2, 0.25) is 0 Å². The van der Waals surface area contributed by atoms with Crippen molar-refractivity contribution in [3.05, 3.63) is 0 Å². The Balaban J connectivity index is 1.95. The van der Waals surface area contributed by atoms with E-state index >= 15 is 0 Å². The molecule has 2 nitrogen and oxygen atoms in total. The van der Waals surface area contributed by atoms with Gasteiger partial charge in [0.25, 0.3) is 0 Å². The van der Waals surface area contributed by atoms with E-state index in [0.717, 1.165) is 24.7 Å². The van der Waals surface area contributed by atoms with Crippen molar-refractivity contribution in [1.82, 2.24) is 10.2 Å². The van der Waals surface area contributed by atoms with Crippen LogP contribution in [-0.4, -0.2) is 36.1 Å². The second kappa shape index (κ2) is 5.31. The highest BCUT2D eigenvalue weighted by Crippen LogP contribution is 2.33. The summed E-state index contributed by atoms with van der Waals surface area (Å²) >= 11 is 0. The van der Waals surface area contributed by atoms with E-state index in [4.69, 9.17) is 0 Å². The lowest BCUT2D eigenvalue weighted by molar-refractivity contribution is 0.120. The van der Waals surface area contributed by atoms with Crippen LogP contribution in [0.15, 0.2) is 0 Å². The zero-order chi connectivity index (χ0) is 10.7. The first-order valence-corrected chi connectivity index (χ1v) is 6.86. The molecule has 2 atom stereocenters. The smallest absolute Gasteiger partial charge is 0.0252 e. The van der Waals surface area contributed by atoms with Gasteiger partial charge in [0.1, 0.15) is 0 Å². The molecule has 2 unspecified atom stereocenters. The SMILES string of the molecule is CCNC1CCCCC1N(CC)C1CC1. The molecule has 2 saturated carbocycles. The zero-order valence-corrected chi connectivity index (χ0v) is 10.3. The summed E-state index contributed by atoms with van der Waals surface area (Å²) in [6.07, 6.45) is 8.57. The third-order valence-corrected chi connectivity index (χ3v) is 4.00. The van der Waals surface area contributed by atoms with E-state index in [9.17, 15) is 0 Å². The van der Waals surface area contributed by atoms with Crippen LogP contribution in [0, 0.1) is 0 Å². The Kier molecular flexibility index (Phi) is 4.04. The summed E-state index contributed by atoms with van der Waals surface area (Å²) in [7, 11) is 0. The normalized spacial score (nSPS) is 32.2. The fourth-order valence-corrected chi connectivity index (χ4v) is 3.18. The molecular weight excluding hydrogens is 184 g/mol. The minimum Gasteiger partial charge on any atom is -0.313 e. The molecule has 2 aliphatic rings. The van der Waals surface area contributed by atoms with Gasteiger partial charge >= 0.3 is 0 Å². The van der Waals surface area contributed by atoms with Crippen molar-refractivity contribution in [3.63, 3.8) is 0 Å². The molecule has 2 rings (SSSR count). The molecule has 0 aromatic carbocycles. The molecule has 2 aliphatic carbocycles. The third kappa shape index (κ3) is 2.73. The second-order valence-corrected chi connectivity index (χ2v) is 5.08. The first-order valence-electron chi connectivity index (χ1n) is 6.86. The fourth-order valence-electron chi connectivity index (χ4n) is 3.18. The van der Waals surface area contributed by atoms with Crippen LogP contribution in [0.4, 0.5) is 0 Å². The van der Waals surface area contributed by atoms with Crippen LogP contribution in [0.5, 0.6) is 0 Å². The largest absolute Gasteiger partial charge is 0.313 e. The quantitative estimate of drug-likeness (QED) is 0.749. The number of rotatable bonds is 5. The van der Waals surface area contributed by atoms with E-state index in [1.165, 1.54) is 45.1 Å². The van der Waals surface area contributed by atoms with Gasteiger partial charge in [0, 0.05) is 18.1 Å². The highest BCUT2D eigenvalue weighted by molar-refractivity contribution is 4.94. The van der Waals surface area contributed by atoms with Gasteiger partial charge in [-0.2, -0.15) is 0 Å². The highest BCUT2D eigenvalue weighted by Gasteiger charge is 2.37. The lowest BCUT2D eigenvalue weighted by Crippen LogP contribution is -2.52. The fraction of sp³-hybridized carbons (Fsp3) is 1.00. The van der Waals surface area contributed by atoms with Crippen LogP contribution in [0.1, 0.15) is 52.4 Å². The lowest BCUT2D eigenvalue weighted by atomic mass is 9.89. The van der Waals surface area contributed by atoms with Crippen molar-refractivity contribution in [1.29, 1.82) is 0 Å². The molecule has 0 aliphatic heterocycles. The molecule has 0 aromatic rings. The van der Waals surface area contributed by atoms with Gasteiger partial charge in [-0.1, -0.05) is 26.7 Å². The maximum atomic E-state index is 3.69. The molecule has 0 heterocycles. The first kappa shape index (κ1) is 11.4. The van der Waals surface area contributed by atoms with Crippen LogP contribution in [0.2, 0.25) is 0 Å². The summed E-state index contributed by atoms with van der Waals surface area (Å²) in [5.74, 6) is 0. The minimum atomic E-state index is 0.768. The zero-order valence-electron chi connectivity index (χ0n) is 10.3. The van der Waals surface area contributed by atoms with Crippen molar-refractivity contribution in [2.75, 3.05) is 13.1 Å². The Bertz CT molecular complexity index is 187. The topological polar surface area (TPSA) is 15.3 Å². The Morgan fingerprint density at radius 2 is 1.80 bits per heavy atom. The summed E-state index contributed by atoms with van der Waals surface area (Å²) in [5.41, 5.74) is 0. The van der Waals surface area contributed by atoms with Gasteiger partial charge in [-0.05, 0) is 38.8 Å². The van der Waals surface area contributed by atoms with Crippen LogP contribution in [0.25, 0.3) is 0 Å². The molecule has 2 fully saturated rings. The van der Waals surface area contributed by atoms with Crippen molar-refractivity contribution in [2.45, 2.75) is 70.5 Å². The number of nitrogens with zero attached hydrogens (tertiary/aromatic N) is 1. The van der Waals surface area contributed by atoms with Crippen molar-refractivity contribution in [3.8, 4) is 0 Å². The average molecular weight is 210 g/mol. The summed E-state index contributed by atoms with van der Waals surface area (Å²) in [6.45, 7) is 6.94. The summed E-state index contributed by atoms with van der Waals surface area (Å²) < 4.78 is 0. The Morgan fingerprint density at radius 1 is 1.07 bits per heavy atom. The standard InChI is InChI=1S/C13H26N2/c1-3-14-12-7-5-6-8-13(12)15(4-2)11-9-10-11/h11-14H,3-10H2,1-2H3. The predicted octanol–water partition coefficient (Wildman–Crippen LogP) is 2.39. The molecule has 0 spiro atoms. The molecule has 0 radical (unpaired) electrons. The van der Waals surface area contributed by atoms with E-state index < -0.39 is 0 Å². The number of hydrogen-bond donors (Lipinski definition) is 1. The molecular formula is C13H26N2. The molecule has 2 heteroatoms. The van der Waals surface area contributed by atoms with Gasteiger partial charge in [0.05, 0.1) is 0 Å². The van der Waals surface area contributed by atoms with Crippen LogP contribution in [-0.2, 0) is 0 Å². The Morgan fingerprint density at radius 3 is 2.40 bits per heavy atom. The average Bonchev–Trinajstić information content (AvgIpc) is 3.06. The minimum absolute atomic E-state index is 0.768. The third-order valence-electron chi connectivity index (χ3n) is 4.00. The van der Waals surface area contributed by atoms with Gasteiger partial charge in [-0.3, -0.25) is 4.90 Å². The number of nitrogens with one attached hydrogen (secondary N) is 1. The summed E-state index contributed by atoms with van der Waals surface area (Å²) in [6, 6.07) is 2.53. The van der Waals surface area contributed by atoms with Gasteiger partial charge < -0.3 is 5.32 Å². The van der Waals surface area contributed by atoms with E-state index in [1.807, 2.05) is 0 Å². The second-order valence-electron chi connectivity index (χ2n) is 5.08. The maximum absolute atomic E-state index is 3.69. The van der Waals surface area contributed by atoms with Gasteiger partial charge in [0.15, 0.2) is 0 Å². The van der Waals surface area contributed by atoms with E-state index in [1.54, 1.807) is 0 Å². The lowest BCUT2D eigenvalue weighted by Gasteiger charge is -2.40. The van der Waals surface area contributed by atoms with Crippen molar-refractivity contribution in [2.24, 2.45) is 0 Å². The van der Waals surface area contributed by atoms with Crippen molar-refractivity contribution >= 4 is 0 Å². The molecule has 0 amide bonds. The molecule has 0 saturated heterocycles. The van der Waals surface area contributed by atoms with Gasteiger partial charge in [-0.15, -0.1) is 0 Å². The monoisotopic (exact) mass is 210 g/mol. The maximum Gasteiger partial charge on any atom is 0.0252 e. The van der Waals surface area contributed by atoms with E-state index in [2.05, 4.69) is 24.1 Å². The number of hydrogen-bond acceptors (Lipinski definition) is 2. The molecule has 0 bridgehead atoms. The van der Waals surface area contributed by atoms with Crippen LogP contribution < -0.4 is 5.32 Å².